The normalized spacial score (nSPS) is 27.9. The molecule has 4 N–H and O–H groups in total. The molecule has 0 bridgehead atoms. The van der Waals surface area contributed by atoms with Gasteiger partial charge in [0.2, 0.25) is 5.91 Å². The van der Waals surface area contributed by atoms with Gasteiger partial charge in [0.1, 0.15) is 0 Å². The van der Waals surface area contributed by atoms with Crippen molar-refractivity contribution in [2.24, 2.45) is 17.6 Å². The number of carbonyl (C=O) groups excluding carboxylic acids is 1. The highest BCUT2D eigenvalue weighted by Gasteiger charge is 2.46. The first-order valence-electron chi connectivity index (χ1n) is 8.88. The van der Waals surface area contributed by atoms with Crippen LogP contribution in [0, 0.1) is 11.8 Å². The third-order valence-corrected chi connectivity index (χ3v) is 5.22. The van der Waals surface area contributed by atoms with Crippen molar-refractivity contribution in [3.8, 4) is 0 Å². The van der Waals surface area contributed by atoms with Gasteiger partial charge in [-0.15, -0.1) is 0 Å². The Morgan fingerprint density at radius 2 is 1.85 bits per heavy atom. The van der Waals surface area contributed by atoms with E-state index in [1.807, 2.05) is 24.3 Å². The van der Waals surface area contributed by atoms with Crippen LogP contribution in [-0.2, 0) is 9.53 Å². The molecule has 8 heteroatoms. The average molecular weight is 371 g/mol. The standard InChI is InChI=1S/C18H24F3N3O2/c19-18(20,21)12-9-15(17(22)25)16(23-10-12)11-1-3-13(4-2-11)24-14-5-7-26-8-6-14/h1-4,12,14-16,23-24H,5-10H2,(H2,22,25). The minimum atomic E-state index is -4.33. The number of halogens is 3. The van der Waals surface area contributed by atoms with Gasteiger partial charge in [-0.3, -0.25) is 4.79 Å². The van der Waals surface area contributed by atoms with Crippen LogP contribution in [0.3, 0.4) is 0 Å². The molecule has 144 valence electrons. The summed E-state index contributed by atoms with van der Waals surface area (Å²) in [6.45, 7) is 1.27. The molecule has 3 rings (SSSR count). The SMILES string of the molecule is NC(=O)C1CC(C(F)(F)F)CNC1c1ccc(NC2CCOCC2)cc1. The Morgan fingerprint density at radius 3 is 2.42 bits per heavy atom. The molecule has 2 saturated heterocycles. The molecule has 2 fully saturated rings. The molecule has 2 aliphatic rings. The van der Waals surface area contributed by atoms with E-state index in [4.69, 9.17) is 10.5 Å². The van der Waals surface area contributed by atoms with Gasteiger partial charge < -0.3 is 21.1 Å². The summed E-state index contributed by atoms with van der Waals surface area (Å²) in [6.07, 6.45) is -2.73. The topological polar surface area (TPSA) is 76.4 Å². The molecule has 0 spiro atoms. The Bertz CT molecular complexity index is 615. The number of ether oxygens (including phenoxy) is 1. The summed E-state index contributed by atoms with van der Waals surface area (Å²) in [5.74, 6) is -3.14. The van der Waals surface area contributed by atoms with Crippen molar-refractivity contribution in [1.29, 1.82) is 0 Å². The lowest BCUT2D eigenvalue weighted by atomic mass is 9.80. The predicted octanol–water partition coefficient (Wildman–Crippen LogP) is 2.59. The Hall–Kier alpha value is -1.80. The number of hydrogen-bond acceptors (Lipinski definition) is 4. The van der Waals surface area contributed by atoms with Gasteiger partial charge in [-0.2, -0.15) is 13.2 Å². The molecule has 1 aromatic rings. The number of primary amides is 1. The highest BCUT2D eigenvalue weighted by molar-refractivity contribution is 5.78. The van der Waals surface area contributed by atoms with Crippen molar-refractivity contribution in [2.75, 3.05) is 25.1 Å². The monoisotopic (exact) mass is 371 g/mol. The van der Waals surface area contributed by atoms with Gasteiger partial charge in [0, 0.05) is 37.5 Å². The number of benzene rings is 1. The Morgan fingerprint density at radius 1 is 1.19 bits per heavy atom. The van der Waals surface area contributed by atoms with Gasteiger partial charge in [0.25, 0.3) is 0 Å². The summed E-state index contributed by atoms with van der Waals surface area (Å²) in [5, 5.41) is 6.30. The Labute approximate surface area is 150 Å². The predicted molar refractivity (Wildman–Crippen MR) is 91.5 cm³/mol. The number of rotatable bonds is 4. The van der Waals surface area contributed by atoms with E-state index in [0.29, 0.717) is 6.04 Å². The smallest absolute Gasteiger partial charge is 0.382 e. The molecular formula is C18H24F3N3O2. The van der Waals surface area contributed by atoms with Gasteiger partial charge >= 0.3 is 6.18 Å². The van der Waals surface area contributed by atoms with Crippen LogP contribution < -0.4 is 16.4 Å². The van der Waals surface area contributed by atoms with E-state index in [9.17, 15) is 18.0 Å². The molecule has 1 aromatic carbocycles. The van der Waals surface area contributed by atoms with Crippen molar-refractivity contribution >= 4 is 11.6 Å². The molecule has 0 saturated carbocycles. The molecule has 0 aromatic heterocycles. The summed E-state index contributed by atoms with van der Waals surface area (Å²) < 4.78 is 44.3. The van der Waals surface area contributed by atoms with Gasteiger partial charge in [-0.1, -0.05) is 12.1 Å². The highest BCUT2D eigenvalue weighted by atomic mass is 19.4. The van der Waals surface area contributed by atoms with Gasteiger partial charge in [0.15, 0.2) is 0 Å². The van der Waals surface area contributed by atoms with Crippen molar-refractivity contribution in [3.63, 3.8) is 0 Å². The molecule has 26 heavy (non-hydrogen) atoms. The van der Waals surface area contributed by atoms with Crippen molar-refractivity contribution in [3.05, 3.63) is 29.8 Å². The molecule has 0 aliphatic carbocycles. The summed E-state index contributed by atoms with van der Waals surface area (Å²) in [4.78, 5) is 11.7. The first-order valence-corrected chi connectivity index (χ1v) is 8.88. The summed E-state index contributed by atoms with van der Waals surface area (Å²) >= 11 is 0. The average Bonchev–Trinajstić information content (AvgIpc) is 2.62. The zero-order chi connectivity index (χ0) is 18.7. The van der Waals surface area contributed by atoms with E-state index in [1.54, 1.807) is 0 Å². The molecule has 5 nitrogen and oxygen atoms in total. The summed E-state index contributed by atoms with van der Waals surface area (Å²) in [5.41, 5.74) is 7.10. The van der Waals surface area contributed by atoms with Crippen LogP contribution in [0.2, 0.25) is 0 Å². The quantitative estimate of drug-likeness (QED) is 0.760. The van der Waals surface area contributed by atoms with Crippen LogP contribution in [-0.4, -0.2) is 37.9 Å². The zero-order valence-electron chi connectivity index (χ0n) is 14.4. The minimum absolute atomic E-state index is 0.208. The van der Waals surface area contributed by atoms with Crippen LogP contribution >= 0.6 is 0 Å². The lowest BCUT2D eigenvalue weighted by Gasteiger charge is -2.36. The molecule has 3 unspecified atom stereocenters. The first kappa shape index (κ1) is 19.0. The number of piperidine rings is 1. The van der Waals surface area contributed by atoms with Gasteiger partial charge in [-0.05, 0) is 37.0 Å². The van der Waals surface area contributed by atoms with Crippen LogP contribution in [0.15, 0.2) is 24.3 Å². The van der Waals surface area contributed by atoms with Crippen LogP contribution in [0.25, 0.3) is 0 Å². The van der Waals surface area contributed by atoms with E-state index >= 15 is 0 Å². The number of amides is 1. The van der Waals surface area contributed by atoms with Crippen molar-refractivity contribution in [2.45, 2.75) is 37.5 Å². The maximum absolute atomic E-state index is 13.0. The van der Waals surface area contributed by atoms with Crippen LogP contribution in [0.1, 0.15) is 30.9 Å². The van der Waals surface area contributed by atoms with E-state index in [0.717, 1.165) is 37.3 Å². The zero-order valence-corrected chi connectivity index (χ0v) is 14.4. The third kappa shape index (κ3) is 4.48. The van der Waals surface area contributed by atoms with E-state index in [2.05, 4.69) is 10.6 Å². The molecule has 3 atom stereocenters. The number of carbonyl (C=O) groups is 1. The third-order valence-electron chi connectivity index (χ3n) is 5.22. The van der Waals surface area contributed by atoms with Crippen molar-refractivity contribution < 1.29 is 22.7 Å². The van der Waals surface area contributed by atoms with Gasteiger partial charge in [-0.25, -0.2) is 0 Å². The Kier molecular flexibility index (Phi) is 5.72. The number of nitrogens with one attached hydrogen (secondary N) is 2. The Balaban J connectivity index is 1.68. The molecule has 2 heterocycles. The van der Waals surface area contributed by atoms with E-state index in [-0.39, 0.29) is 13.0 Å². The fraction of sp³-hybridized carbons (Fsp3) is 0.611. The lowest BCUT2D eigenvalue weighted by Crippen LogP contribution is -2.48. The molecule has 2 aliphatic heterocycles. The first-order chi connectivity index (χ1) is 12.3. The van der Waals surface area contributed by atoms with Crippen molar-refractivity contribution in [1.82, 2.24) is 5.32 Å². The number of alkyl halides is 3. The maximum atomic E-state index is 13.0. The maximum Gasteiger partial charge on any atom is 0.393 e. The largest absolute Gasteiger partial charge is 0.393 e. The molecule has 1 amide bonds. The summed E-state index contributed by atoms with van der Waals surface area (Å²) in [6, 6.07) is 7.31. The fourth-order valence-corrected chi connectivity index (χ4v) is 3.68. The highest BCUT2D eigenvalue weighted by Crippen LogP contribution is 2.39. The van der Waals surface area contributed by atoms with Crippen LogP contribution in [0.5, 0.6) is 0 Å². The second-order valence-corrected chi connectivity index (χ2v) is 7.02. The minimum Gasteiger partial charge on any atom is -0.382 e. The second-order valence-electron chi connectivity index (χ2n) is 7.02. The number of hydrogen-bond donors (Lipinski definition) is 3. The number of anilines is 1. The fourth-order valence-electron chi connectivity index (χ4n) is 3.68. The molecule has 0 radical (unpaired) electrons. The lowest BCUT2D eigenvalue weighted by molar-refractivity contribution is -0.184. The van der Waals surface area contributed by atoms with Crippen LogP contribution in [0.4, 0.5) is 18.9 Å². The summed E-state index contributed by atoms with van der Waals surface area (Å²) in [7, 11) is 0. The number of nitrogens with two attached hydrogens (primary N) is 1. The second kappa shape index (κ2) is 7.84. The van der Waals surface area contributed by atoms with E-state index in [1.165, 1.54) is 0 Å². The van der Waals surface area contributed by atoms with E-state index < -0.39 is 30.0 Å². The molecular weight excluding hydrogens is 347 g/mol. The van der Waals surface area contributed by atoms with Gasteiger partial charge in [0.05, 0.1) is 11.8 Å².